The molecule has 1 aromatic rings. The van der Waals surface area contributed by atoms with Gasteiger partial charge < -0.3 is 4.90 Å². The molecule has 0 saturated carbocycles. The summed E-state index contributed by atoms with van der Waals surface area (Å²) in [5.41, 5.74) is 1.08. The van der Waals surface area contributed by atoms with Gasteiger partial charge in [-0.1, -0.05) is 13.8 Å². The third-order valence-corrected chi connectivity index (χ3v) is 4.65. The van der Waals surface area contributed by atoms with E-state index >= 15 is 0 Å². The summed E-state index contributed by atoms with van der Waals surface area (Å²) in [6.45, 7) is 9.02. The van der Waals surface area contributed by atoms with Gasteiger partial charge in [0.2, 0.25) is 0 Å². The summed E-state index contributed by atoms with van der Waals surface area (Å²) in [5.74, 6) is 2.84. The Morgan fingerprint density at radius 1 is 1.29 bits per heavy atom. The highest BCUT2D eigenvalue weighted by molar-refractivity contribution is 9.10. The van der Waals surface area contributed by atoms with Crippen molar-refractivity contribution in [2.24, 2.45) is 11.8 Å². The van der Waals surface area contributed by atoms with Gasteiger partial charge in [-0.3, -0.25) is 0 Å². The second-order valence-corrected chi connectivity index (χ2v) is 6.16. The molecular weight excluding hydrogens is 276 g/mol. The molecule has 0 bridgehead atoms. The molecule has 17 heavy (non-hydrogen) atoms. The lowest BCUT2D eigenvalue weighted by Gasteiger charge is -2.34. The monoisotopic (exact) mass is 296 g/mol. The number of nitrogens with zero attached hydrogens (tertiary/aromatic N) is 2. The Balaban J connectivity index is 2.03. The van der Waals surface area contributed by atoms with Gasteiger partial charge in [-0.05, 0) is 59.7 Å². The van der Waals surface area contributed by atoms with Gasteiger partial charge in [0.1, 0.15) is 5.82 Å². The molecule has 2 heterocycles. The van der Waals surface area contributed by atoms with Crippen LogP contribution in [0.2, 0.25) is 0 Å². The lowest BCUT2D eigenvalue weighted by Crippen LogP contribution is -2.35. The molecule has 0 spiro atoms. The largest absolute Gasteiger partial charge is 0.357 e. The Morgan fingerprint density at radius 3 is 2.47 bits per heavy atom. The molecule has 0 amide bonds. The first-order valence-electron chi connectivity index (χ1n) is 6.46. The third-order valence-electron chi connectivity index (χ3n) is 3.81. The van der Waals surface area contributed by atoms with E-state index in [1.807, 2.05) is 0 Å². The van der Waals surface area contributed by atoms with Crippen LogP contribution >= 0.6 is 15.9 Å². The van der Waals surface area contributed by atoms with Crippen LogP contribution < -0.4 is 4.90 Å². The zero-order chi connectivity index (χ0) is 12.4. The van der Waals surface area contributed by atoms with Crippen molar-refractivity contribution in [2.45, 2.75) is 33.6 Å². The molecular formula is C14H21BrN2. The Morgan fingerprint density at radius 2 is 1.94 bits per heavy atom. The first-order chi connectivity index (χ1) is 8.08. The molecule has 94 valence electrons. The summed E-state index contributed by atoms with van der Waals surface area (Å²) in [6.07, 6.45) is 2.60. The number of hydrogen-bond donors (Lipinski definition) is 0. The Bertz CT molecular complexity index is 382. The van der Waals surface area contributed by atoms with Crippen LogP contribution in [-0.4, -0.2) is 18.1 Å². The van der Waals surface area contributed by atoms with E-state index in [4.69, 9.17) is 0 Å². The topological polar surface area (TPSA) is 16.1 Å². The van der Waals surface area contributed by atoms with E-state index in [0.29, 0.717) is 0 Å². The van der Waals surface area contributed by atoms with Crippen molar-refractivity contribution >= 4 is 21.7 Å². The van der Waals surface area contributed by atoms with Gasteiger partial charge in [0.15, 0.2) is 0 Å². The summed E-state index contributed by atoms with van der Waals surface area (Å²) in [4.78, 5) is 7.06. The summed E-state index contributed by atoms with van der Waals surface area (Å²) in [6, 6.07) is 4.22. The molecule has 1 saturated heterocycles. The Labute approximate surface area is 113 Å². The van der Waals surface area contributed by atoms with Crippen molar-refractivity contribution in [2.75, 3.05) is 18.0 Å². The highest BCUT2D eigenvalue weighted by Crippen LogP contribution is 2.27. The maximum atomic E-state index is 4.65. The van der Waals surface area contributed by atoms with Crippen LogP contribution in [-0.2, 0) is 0 Å². The number of aryl methyl sites for hydroxylation is 1. The number of rotatable bonds is 2. The van der Waals surface area contributed by atoms with Gasteiger partial charge >= 0.3 is 0 Å². The van der Waals surface area contributed by atoms with Crippen LogP contribution in [0.5, 0.6) is 0 Å². The van der Waals surface area contributed by atoms with Crippen molar-refractivity contribution < 1.29 is 0 Å². The predicted molar refractivity (Wildman–Crippen MR) is 76.4 cm³/mol. The summed E-state index contributed by atoms with van der Waals surface area (Å²) < 4.78 is 1.10. The van der Waals surface area contributed by atoms with E-state index in [0.717, 1.165) is 40.9 Å². The molecule has 0 unspecified atom stereocenters. The number of hydrogen-bond acceptors (Lipinski definition) is 2. The quantitative estimate of drug-likeness (QED) is 0.819. The van der Waals surface area contributed by atoms with Crippen molar-refractivity contribution in [3.8, 4) is 0 Å². The molecule has 0 atom stereocenters. The van der Waals surface area contributed by atoms with Gasteiger partial charge in [0.05, 0.1) is 5.69 Å². The zero-order valence-corrected chi connectivity index (χ0v) is 12.5. The third kappa shape index (κ3) is 3.01. The molecule has 1 aromatic heterocycles. The Hall–Kier alpha value is -0.570. The van der Waals surface area contributed by atoms with Crippen LogP contribution in [0.25, 0.3) is 0 Å². The summed E-state index contributed by atoms with van der Waals surface area (Å²) >= 11 is 3.50. The molecule has 0 aliphatic carbocycles. The first kappa shape index (κ1) is 12.9. The van der Waals surface area contributed by atoms with Crippen molar-refractivity contribution in [3.63, 3.8) is 0 Å². The van der Waals surface area contributed by atoms with E-state index in [-0.39, 0.29) is 0 Å². The van der Waals surface area contributed by atoms with E-state index in [1.165, 1.54) is 12.8 Å². The van der Waals surface area contributed by atoms with Crippen LogP contribution in [0, 0.1) is 18.8 Å². The van der Waals surface area contributed by atoms with Gasteiger partial charge in [-0.25, -0.2) is 4.98 Å². The smallest absolute Gasteiger partial charge is 0.128 e. The van der Waals surface area contributed by atoms with Crippen LogP contribution in [0.1, 0.15) is 32.4 Å². The number of anilines is 1. The van der Waals surface area contributed by atoms with Crippen LogP contribution in [0.3, 0.4) is 0 Å². The normalized spacial score (nSPS) is 17.8. The molecule has 2 nitrogen and oxygen atoms in total. The molecule has 0 radical (unpaired) electrons. The van der Waals surface area contributed by atoms with Crippen molar-refractivity contribution in [1.29, 1.82) is 0 Å². The lowest BCUT2D eigenvalue weighted by atomic mass is 9.87. The minimum absolute atomic E-state index is 0.816. The fourth-order valence-corrected chi connectivity index (χ4v) is 2.72. The van der Waals surface area contributed by atoms with Crippen molar-refractivity contribution in [1.82, 2.24) is 4.98 Å². The van der Waals surface area contributed by atoms with Crippen LogP contribution in [0.15, 0.2) is 16.6 Å². The molecule has 1 aliphatic heterocycles. The standard InChI is InChI=1S/C14H21BrN2/c1-10(2)12-6-8-17(9-7-12)14-5-4-13(15)11(3)16-14/h4-5,10,12H,6-9H2,1-3H3. The average Bonchev–Trinajstić information content (AvgIpc) is 2.33. The van der Waals surface area contributed by atoms with E-state index in [9.17, 15) is 0 Å². The van der Waals surface area contributed by atoms with Crippen LogP contribution in [0.4, 0.5) is 5.82 Å². The fourth-order valence-electron chi connectivity index (χ4n) is 2.50. The van der Waals surface area contributed by atoms with Gasteiger partial charge in [-0.15, -0.1) is 0 Å². The molecule has 1 aliphatic rings. The number of piperidine rings is 1. The minimum atomic E-state index is 0.816. The number of aromatic nitrogens is 1. The van der Waals surface area contributed by atoms with E-state index in [2.05, 4.69) is 58.7 Å². The lowest BCUT2D eigenvalue weighted by molar-refractivity contribution is 0.310. The molecule has 1 fully saturated rings. The highest BCUT2D eigenvalue weighted by atomic mass is 79.9. The second kappa shape index (κ2) is 5.38. The average molecular weight is 297 g/mol. The number of halogens is 1. The van der Waals surface area contributed by atoms with Crippen molar-refractivity contribution in [3.05, 3.63) is 22.3 Å². The molecule has 0 aromatic carbocycles. The van der Waals surface area contributed by atoms with E-state index in [1.54, 1.807) is 0 Å². The molecule has 3 heteroatoms. The maximum Gasteiger partial charge on any atom is 0.128 e. The highest BCUT2D eigenvalue weighted by Gasteiger charge is 2.22. The Kier molecular flexibility index (Phi) is 4.08. The maximum absolute atomic E-state index is 4.65. The summed E-state index contributed by atoms with van der Waals surface area (Å²) in [5, 5.41) is 0. The van der Waals surface area contributed by atoms with E-state index < -0.39 is 0 Å². The second-order valence-electron chi connectivity index (χ2n) is 5.31. The zero-order valence-electron chi connectivity index (χ0n) is 10.9. The number of pyridine rings is 1. The fraction of sp³-hybridized carbons (Fsp3) is 0.643. The van der Waals surface area contributed by atoms with Gasteiger partial charge in [-0.2, -0.15) is 0 Å². The summed E-state index contributed by atoms with van der Waals surface area (Å²) in [7, 11) is 0. The minimum Gasteiger partial charge on any atom is -0.357 e. The first-order valence-corrected chi connectivity index (χ1v) is 7.25. The van der Waals surface area contributed by atoms with Gasteiger partial charge in [0.25, 0.3) is 0 Å². The molecule has 0 N–H and O–H groups in total. The van der Waals surface area contributed by atoms with Gasteiger partial charge in [0, 0.05) is 17.6 Å². The predicted octanol–water partition coefficient (Wildman–Crippen LogP) is 4.02. The SMILES string of the molecule is Cc1nc(N2CCC(C(C)C)CC2)ccc1Br. The molecule has 2 rings (SSSR count).